The van der Waals surface area contributed by atoms with E-state index in [1.165, 1.54) is 19.3 Å². The zero-order valence-electron chi connectivity index (χ0n) is 9.75. The van der Waals surface area contributed by atoms with Gasteiger partial charge in [-0.3, -0.25) is 0 Å². The van der Waals surface area contributed by atoms with Crippen LogP contribution in [0.25, 0.3) is 0 Å². The van der Waals surface area contributed by atoms with E-state index in [1.54, 1.807) is 7.11 Å². The van der Waals surface area contributed by atoms with E-state index in [1.807, 2.05) is 6.92 Å². The maximum atomic E-state index is 8.83. The molecule has 0 radical (unpaired) electrons. The summed E-state index contributed by atoms with van der Waals surface area (Å²) >= 11 is 0. The predicted molar refractivity (Wildman–Crippen MR) is 60.4 cm³/mol. The minimum atomic E-state index is 0.158. The second-order valence-corrected chi connectivity index (χ2v) is 3.80. The van der Waals surface area contributed by atoms with Crippen LogP contribution in [-0.2, 0) is 4.74 Å². The molecule has 14 heavy (non-hydrogen) atoms. The fourth-order valence-electron chi connectivity index (χ4n) is 1.35. The number of ether oxygens (including phenoxy) is 1. The van der Waals surface area contributed by atoms with E-state index in [9.17, 15) is 0 Å². The first-order valence-electron chi connectivity index (χ1n) is 5.53. The van der Waals surface area contributed by atoms with Crippen molar-refractivity contribution in [2.45, 2.75) is 52.1 Å². The molecule has 2 heteroatoms. The Morgan fingerprint density at radius 3 is 2.64 bits per heavy atom. The summed E-state index contributed by atoms with van der Waals surface area (Å²) in [7, 11) is 1.76. The van der Waals surface area contributed by atoms with Crippen LogP contribution in [-0.4, -0.2) is 24.9 Å². The third-order valence-corrected chi connectivity index (χ3v) is 2.44. The molecule has 0 aliphatic heterocycles. The van der Waals surface area contributed by atoms with Gasteiger partial charge in [-0.1, -0.05) is 37.8 Å². The molecule has 1 unspecified atom stereocenters. The second kappa shape index (κ2) is 9.22. The van der Waals surface area contributed by atoms with Crippen LogP contribution in [0.5, 0.6) is 0 Å². The molecule has 0 aliphatic rings. The van der Waals surface area contributed by atoms with Gasteiger partial charge in [0.05, 0.1) is 12.7 Å². The molecule has 0 amide bonds. The van der Waals surface area contributed by atoms with Crippen molar-refractivity contribution < 1.29 is 9.84 Å². The third kappa shape index (κ3) is 7.10. The van der Waals surface area contributed by atoms with Gasteiger partial charge < -0.3 is 9.84 Å². The molecule has 84 valence electrons. The second-order valence-electron chi connectivity index (χ2n) is 3.80. The van der Waals surface area contributed by atoms with Gasteiger partial charge in [-0.25, -0.2) is 0 Å². The monoisotopic (exact) mass is 200 g/mol. The highest BCUT2D eigenvalue weighted by atomic mass is 16.5. The fourth-order valence-corrected chi connectivity index (χ4v) is 1.35. The van der Waals surface area contributed by atoms with Gasteiger partial charge in [-0.2, -0.15) is 0 Å². The minimum absolute atomic E-state index is 0.158. The van der Waals surface area contributed by atoms with Crippen molar-refractivity contribution in [3.63, 3.8) is 0 Å². The highest BCUT2D eigenvalue weighted by Gasteiger charge is 2.04. The van der Waals surface area contributed by atoms with Crippen LogP contribution in [0.15, 0.2) is 11.6 Å². The van der Waals surface area contributed by atoms with Crippen molar-refractivity contribution in [3.8, 4) is 0 Å². The fraction of sp³-hybridized carbons (Fsp3) is 0.833. The van der Waals surface area contributed by atoms with E-state index in [0.717, 1.165) is 18.4 Å². The Morgan fingerprint density at radius 1 is 1.43 bits per heavy atom. The standard InChI is InChI=1S/C12H24O2/c1-4-5-6-7-12(14-3)9-8-11(2)10-13/h8,12-13H,4-7,9-10H2,1-3H3/b11-8+. The molecule has 0 aliphatic carbocycles. The Hall–Kier alpha value is -0.340. The van der Waals surface area contributed by atoms with Crippen LogP contribution in [0.1, 0.15) is 46.0 Å². The van der Waals surface area contributed by atoms with Crippen molar-refractivity contribution in [1.29, 1.82) is 0 Å². The molecule has 0 heterocycles. The van der Waals surface area contributed by atoms with Gasteiger partial charge in [-0.05, 0) is 19.8 Å². The Balaban J connectivity index is 3.67. The first-order valence-corrected chi connectivity index (χ1v) is 5.53. The molecule has 0 bridgehead atoms. The van der Waals surface area contributed by atoms with Crippen LogP contribution in [0.3, 0.4) is 0 Å². The molecule has 0 spiro atoms. The molecular formula is C12H24O2. The van der Waals surface area contributed by atoms with Gasteiger partial charge in [0.1, 0.15) is 0 Å². The van der Waals surface area contributed by atoms with Crippen molar-refractivity contribution >= 4 is 0 Å². The Kier molecular flexibility index (Phi) is 9.00. The Morgan fingerprint density at radius 2 is 2.14 bits per heavy atom. The summed E-state index contributed by atoms with van der Waals surface area (Å²) in [5.74, 6) is 0. The number of rotatable bonds is 8. The van der Waals surface area contributed by atoms with Crippen LogP contribution >= 0.6 is 0 Å². The van der Waals surface area contributed by atoms with E-state index < -0.39 is 0 Å². The van der Waals surface area contributed by atoms with Crippen molar-refractivity contribution in [2.75, 3.05) is 13.7 Å². The molecule has 0 saturated heterocycles. The summed E-state index contributed by atoms with van der Waals surface area (Å²) < 4.78 is 5.37. The molecule has 0 saturated carbocycles. The smallest absolute Gasteiger partial charge is 0.0639 e. The van der Waals surface area contributed by atoms with Crippen LogP contribution in [0, 0.1) is 0 Å². The summed E-state index contributed by atoms with van der Waals surface area (Å²) in [6, 6.07) is 0. The lowest BCUT2D eigenvalue weighted by molar-refractivity contribution is 0.0951. The maximum absolute atomic E-state index is 8.83. The molecule has 0 aromatic heterocycles. The SMILES string of the molecule is CCCCCC(C/C=C(\C)CO)OC. The first kappa shape index (κ1) is 13.7. The van der Waals surface area contributed by atoms with Crippen molar-refractivity contribution in [3.05, 3.63) is 11.6 Å². The Labute approximate surface area is 88.0 Å². The molecule has 0 aromatic rings. The summed E-state index contributed by atoms with van der Waals surface area (Å²) in [5.41, 5.74) is 1.03. The quantitative estimate of drug-likeness (QED) is 0.482. The maximum Gasteiger partial charge on any atom is 0.0639 e. The molecule has 0 rings (SSSR count). The average molecular weight is 200 g/mol. The lowest BCUT2D eigenvalue weighted by atomic mass is 10.1. The van der Waals surface area contributed by atoms with Gasteiger partial charge in [-0.15, -0.1) is 0 Å². The predicted octanol–water partition coefficient (Wildman–Crippen LogP) is 2.91. The van der Waals surface area contributed by atoms with Gasteiger partial charge in [0, 0.05) is 7.11 Å². The average Bonchev–Trinajstić information content (AvgIpc) is 2.22. The summed E-state index contributed by atoms with van der Waals surface area (Å²) in [4.78, 5) is 0. The van der Waals surface area contributed by atoms with E-state index in [-0.39, 0.29) is 6.61 Å². The minimum Gasteiger partial charge on any atom is -0.392 e. The number of aliphatic hydroxyl groups excluding tert-OH is 1. The highest BCUT2D eigenvalue weighted by Crippen LogP contribution is 2.11. The summed E-state index contributed by atoms with van der Waals surface area (Å²) in [6.45, 7) is 4.31. The summed E-state index contributed by atoms with van der Waals surface area (Å²) in [5, 5.41) is 8.83. The number of methoxy groups -OCH3 is 1. The topological polar surface area (TPSA) is 29.5 Å². The van der Waals surface area contributed by atoms with Crippen LogP contribution in [0.2, 0.25) is 0 Å². The van der Waals surface area contributed by atoms with E-state index in [2.05, 4.69) is 13.0 Å². The van der Waals surface area contributed by atoms with Gasteiger partial charge >= 0.3 is 0 Å². The van der Waals surface area contributed by atoms with Gasteiger partial charge in [0.15, 0.2) is 0 Å². The molecule has 1 atom stereocenters. The van der Waals surface area contributed by atoms with Crippen LogP contribution < -0.4 is 0 Å². The first-order chi connectivity index (χ1) is 6.74. The van der Waals surface area contributed by atoms with Crippen molar-refractivity contribution in [1.82, 2.24) is 0 Å². The molecule has 1 N–H and O–H groups in total. The third-order valence-electron chi connectivity index (χ3n) is 2.44. The number of hydrogen-bond donors (Lipinski definition) is 1. The lowest BCUT2D eigenvalue weighted by Crippen LogP contribution is -2.09. The molecular weight excluding hydrogens is 176 g/mol. The van der Waals surface area contributed by atoms with Gasteiger partial charge in [0.2, 0.25) is 0 Å². The normalized spacial score (nSPS) is 14.4. The molecule has 0 fully saturated rings. The van der Waals surface area contributed by atoms with E-state index >= 15 is 0 Å². The van der Waals surface area contributed by atoms with Crippen molar-refractivity contribution in [2.24, 2.45) is 0 Å². The number of aliphatic hydroxyl groups is 1. The van der Waals surface area contributed by atoms with Crippen LogP contribution in [0.4, 0.5) is 0 Å². The van der Waals surface area contributed by atoms with E-state index in [4.69, 9.17) is 9.84 Å². The zero-order chi connectivity index (χ0) is 10.8. The summed E-state index contributed by atoms with van der Waals surface area (Å²) in [6.07, 6.45) is 8.21. The highest BCUT2D eigenvalue weighted by molar-refractivity contribution is 4.98. The number of hydrogen-bond acceptors (Lipinski definition) is 2. The molecule has 2 nitrogen and oxygen atoms in total. The Bertz CT molecular complexity index is 152. The zero-order valence-corrected chi connectivity index (χ0v) is 9.75. The molecule has 0 aromatic carbocycles. The number of unbranched alkanes of at least 4 members (excludes halogenated alkanes) is 2. The van der Waals surface area contributed by atoms with E-state index in [0.29, 0.717) is 6.10 Å². The van der Waals surface area contributed by atoms with Gasteiger partial charge in [0.25, 0.3) is 0 Å². The largest absolute Gasteiger partial charge is 0.392 e. The lowest BCUT2D eigenvalue weighted by Gasteiger charge is -2.13.